The highest BCUT2D eigenvalue weighted by molar-refractivity contribution is 6.03. The van der Waals surface area contributed by atoms with Crippen LogP contribution in [0, 0.1) is 10.8 Å². The zero-order valence-electron chi connectivity index (χ0n) is 24.0. The Morgan fingerprint density at radius 3 is 1.47 bits per heavy atom. The Hall–Kier alpha value is -1.84. The van der Waals surface area contributed by atoms with Gasteiger partial charge in [0.1, 0.15) is 12.2 Å². The highest BCUT2D eigenvalue weighted by Crippen LogP contribution is 2.32. The van der Waals surface area contributed by atoms with E-state index in [1.54, 1.807) is 13.8 Å². The maximum absolute atomic E-state index is 13.2. The summed E-state index contributed by atoms with van der Waals surface area (Å²) in [5.74, 6) is -1.90. The van der Waals surface area contributed by atoms with Crippen molar-refractivity contribution in [1.29, 1.82) is 0 Å². The third kappa shape index (κ3) is 7.45. The van der Waals surface area contributed by atoms with Crippen molar-refractivity contribution in [2.24, 2.45) is 10.8 Å². The Balaban J connectivity index is 3.38. The summed E-state index contributed by atoms with van der Waals surface area (Å²) in [4.78, 5) is 26.4. The van der Waals surface area contributed by atoms with Crippen molar-refractivity contribution in [3.05, 3.63) is 35.3 Å². The number of unbranched alkanes of at least 4 members (excludes halogenated alkanes) is 2. The Morgan fingerprint density at radius 1 is 0.833 bits per heavy atom. The van der Waals surface area contributed by atoms with Crippen molar-refractivity contribution >= 4 is 11.9 Å². The van der Waals surface area contributed by atoms with E-state index in [1.807, 2.05) is 27.7 Å². The van der Waals surface area contributed by atoms with E-state index < -0.39 is 59.4 Å². The summed E-state index contributed by atoms with van der Waals surface area (Å²) in [6.07, 6.45) is 4.51. The second kappa shape index (κ2) is 11.5. The van der Waals surface area contributed by atoms with Crippen molar-refractivity contribution in [1.82, 2.24) is 0 Å². The molecule has 170 valence electrons. The SMILES string of the molecule is [2H]c1c([2H])c([2H])c(C(=O)OC(C)C(C)(C)CCCC)c(C(=O)OC(C)C(C)(C)CCCC)c1[2H]. The largest absolute Gasteiger partial charge is 0.458 e. The number of carbonyl (C=O) groups excluding carboxylic acids is 2. The molecule has 4 nitrogen and oxygen atoms in total. The van der Waals surface area contributed by atoms with Gasteiger partial charge in [-0.15, -0.1) is 0 Å². The topological polar surface area (TPSA) is 52.6 Å². The lowest BCUT2D eigenvalue weighted by Crippen LogP contribution is -2.33. The van der Waals surface area contributed by atoms with Crippen LogP contribution in [0.2, 0.25) is 0 Å². The second-order valence-electron chi connectivity index (χ2n) is 9.53. The summed E-state index contributed by atoms with van der Waals surface area (Å²) in [5.41, 5.74) is -1.63. The number of rotatable bonds is 12. The van der Waals surface area contributed by atoms with E-state index in [0.29, 0.717) is 0 Å². The molecule has 4 heteroatoms. The molecular formula is C26H42O4. The van der Waals surface area contributed by atoms with Crippen LogP contribution in [0.15, 0.2) is 24.2 Å². The van der Waals surface area contributed by atoms with E-state index in [2.05, 4.69) is 13.8 Å². The Bertz CT molecular complexity index is 809. The summed E-state index contributed by atoms with van der Waals surface area (Å²) in [5, 5.41) is 0. The zero-order chi connectivity index (χ0) is 26.4. The fourth-order valence-corrected chi connectivity index (χ4v) is 3.05. The molecule has 0 fully saturated rings. The number of benzene rings is 1. The molecule has 0 N–H and O–H groups in total. The average Bonchev–Trinajstić information content (AvgIpc) is 2.76. The first-order valence-electron chi connectivity index (χ1n) is 13.1. The predicted molar refractivity (Wildman–Crippen MR) is 123 cm³/mol. The first kappa shape index (κ1) is 20.1. The molecule has 0 heterocycles. The molecule has 0 spiro atoms. The van der Waals surface area contributed by atoms with Crippen molar-refractivity contribution in [2.45, 2.75) is 106 Å². The second-order valence-corrected chi connectivity index (χ2v) is 9.53. The number of esters is 2. The molecule has 0 aliphatic carbocycles. The van der Waals surface area contributed by atoms with Gasteiger partial charge < -0.3 is 9.47 Å². The van der Waals surface area contributed by atoms with Crippen LogP contribution in [0.4, 0.5) is 0 Å². The molecule has 1 rings (SSSR count). The molecule has 2 unspecified atom stereocenters. The van der Waals surface area contributed by atoms with E-state index >= 15 is 0 Å². The maximum atomic E-state index is 13.2. The highest BCUT2D eigenvalue weighted by atomic mass is 16.6. The third-order valence-corrected chi connectivity index (χ3v) is 6.21. The van der Waals surface area contributed by atoms with Crippen LogP contribution in [0.1, 0.15) is 120 Å². The van der Waals surface area contributed by atoms with E-state index in [1.165, 1.54) is 0 Å². The van der Waals surface area contributed by atoms with Gasteiger partial charge in [-0.3, -0.25) is 0 Å². The fourth-order valence-electron chi connectivity index (χ4n) is 3.05. The first-order valence-corrected chi connectivity index (χ1v) is 11.1. The molecule has 0 bridgehead atoms. The van der Waals surface area contributed by atoms with Crippen molar-refractivity contribution in [2.75, 3.05) is 0 Å². The molecule has 0 saturated carbocycles. The van der Waals surface area contributed by atoms with Crippen molar-refractivity contribution < 1.29 is 24.5 Å². The lowest BCUT2D eigenvalue weighted by atomic mass is 9.82. The molecule has 0 radical (unpaired) electrons. The highest BCUT2D eigenvalue weighted by Gasteiger charge is 2.32. The zero-order valence-corrected chi connectivity index (χ0v) is 20.0. The molecule has 1 aromatic carbocycles. The Kier molecular flexibility index (Phi) is 7.72. The van der Waals surface area contributed by atoms with Gasteiger partial charge in [0, 0.05) is 10.8 Å². The summed E-state index contributed by atoms with van der Waals surface area (Å²) in [6, 6.07) is -2.39. The number of ether oxygens (including phenoxy) is 2. The Labute approximate surface area is 189 Å². The summed E-state index contributed by atoms with van der Waals surface area (Å²) in [7, 11) is 0. The quantitative estimate of drug-likeness (QED) is 0.334. The molecule has 0 saturated heterocycles. The normalized spacial score (nSPS) is 16.0. The van der Waals surface area contributed by atoms with Crippen LogP contribution >= 0.6 is 0 Å². The van der Waals surface area contributed by atoms with Crippen LogP contribution in [-0.4, -0.2) is 24.1 Å². The monoisotopic (exact) mass is 422 g/mol. The number of hydrogen-bond donors (Lipinski definition) is 0. The molecule has 0 aliphatic rings. The molecule has 0 aliphatic heterocycles. The van der Waals surface area contributed by atoms with Gasteiger partial charge in [0.05, 0.1) is 16.6 Å². The molecular weight excluding hydrogens is 376 g/mol. The molecule has 0 amide bonds. The minimum atomic E-state index is -0.950. The van der Waals surface area contributed by atoms with Gasteiger partial charge in [0.2, 0.25) is 0 Å². The predicted octanol–water partition coefficient (Wildman–Crippen LogP) is 7.21. The number of hydrogen-bond acceptors (Lipinski definition) is 4. The van der Waals surface area contributed by atoms with Crippen LogP contribution in [0.5, 0.6) is 0 Å². The molecule has 0 aromatic heterocycles. The summed E-state index contributed by atoms with van der Waals surface area (Å²) >= 11 is 0. The molecule has 2 atom stereocenters. The van der Waals surface area contributed by atoms with E-state index in [0.717, 1.165) is 38.5 Å². The molecule has 1 aromatic rings. The average molecular weight is 423 g/mol. The van der Waals surface area contributed by atoms with Gasteiger partial charge in [0.25, 0.3) is 0 Å². The first-order chi connectivity index (χ1) is 15.6. The minimum Gasteiger partial charge on any atom is -0.458 e. The summed E-state index contributed by atoms with van der Waals surface area (Å²) in [6.45, 7) is 15.6. The fraction of sp³-hybridized carbons (Fsp3) is 0.692. The van der Waals surface area contributed by atoms with Crippen LogP contribution in [0.25, 0.3) is 0 Å². The van der Waals surface area contributed by atoms with Crippen LogP contribution in [0.3, 0.4) is 0 Å². The minimum absolute atomic E-state index is 0.338. The lowest BCUT2D eigenvalue weighted by molar-refractivity contribution is -0.00700. The van der Waals surface area contributed by atoms with E-state index in [9.17, 15) is 9.59 Å². The summed E-state index contributed by atoms with van der Waals surface area (Å²) < 4.78 is 43.9. The van der Waals surface area contributed by atoms with Gasteiger partial charge >= 0.3 is 11.9 Å². The van der Waals surface area contributed by atoms with Gasteiger partial charge in [-0.05, 0) is 38.8 Å². The third-order valence-electron chi connectivity index (χ3n) is 6.21. The van der Waals surface area contributed by atoms with Crippen LogP contribution in [-0.2, 0) is 9.47 Å². The van der Waals surface area contributed by atoms with E-state index in [-0.39, 0.29) is 10.8 Å². The molecule has 30 heavy (non-hydrogen) atoms. The van der Waals surface area contributed by atoms with E-state index in [4.69, 9.17) is 15.0 Å². The van der Waals surface area contributed by atoms with Gasteiger partial charge in [-0.25, -0.2) is 9.59 Å². The van der Waals surface area contributed by atoms with Gasteiger partial charge in [0.15, 0.2) is 0 Å². The maximum Gasteiger partial charge on any atom is 0.339 e. The van der Waals surface area contributed by atoms with Gasteiger partial charge in [-0.2, -0.15) is 0 Å². The lowest BCUT2D eigenvalue weighted by Gasteiger charge is -2.32. The van der Waals surface area contributed by atoms with Crippen molar-refractivity contribution in [3.8, 4) is 0 Å². The number of carbonyl (C=O) groups is 2. The smallest absolute Gasteiger partial charge is 0.339 e. The van der Waals surface area contributed by atoms with Gasteiger partial charge in [-0.1, -0.05) is 79.3 Å². The standard InChI is InChI=1S/C26H42O4/c1-9-11-17-25(5,6)19(3)29-23(27)21-15-13-14-16-22(21)24(28)30-20(4)26(7,8)18-12-10-2/h13-16,19-20H,9-12,17-18H2,1-8H3/i13D,14D,15D,16D. The van der Waals surface area contributed by atoms with Crippen molar-refractivity contribution in [3.63, 3.8) is 0 Å². The van der Waals surface area contributed by atoms with Crippen LogP contribution < -0.4 is 0 Å². The Morgan fingerprint density at radius 2 is 1.17 bits per heavy atom.